The maximum atomic E-state index is 9.14. The van der Waals surface area contributed by atoms with E-state index in [9.17, 15) is 0 Å². The van der Waals surface area contributed by atoms with Gasteiger partial charge in [-0.3, -0.25) is 0 Å². The molecule has 1 rings (SSSR count). The minimum absolute atomic E-state index is 0.00275. The van der Waals surface area contributed by atoms with Crippen molar-refractivity contribution in [1.29, 1.82) is 5.26 Å². The van der Waals surface area contributed by atoms with Gasteiger partial charge in [0.1, 0.15) is 14.0 Å². The Morgan fingerprint density at radius 1 is 1.13 bits per heavy atom. The number of nitriles is 1. The van der Waals surface area contributed by atoms with Crippen LogP contribution in [0.25, 0.3) is 0 Å². The molecule has 0 amide bonds. The maximum Gasteiger partial charge on any atom is 0.129 e. The van der Waals surface area contributed by atoms with Gasteiger partial charge < -0.3 is 0 Å². The lowest BCUT2D eigenvalue weighted by molar-refractivity contribution is 0.327. The lowest BCUT2D eigenvalue weighted by atomic mass is 9.81. The van der Waals surface area contributed by atoms with Crippen LogP contribution in [0.4, 0.5) is 0 Å². The number of hydrogen-bond donors (Lipinski definition) is 0. The normalized spacial score (nSPS) is 19.9. The molecular formula is C13H21NSi. The molecule has 0 bridgehead atoms. The zero-order valence-electron chi connectivity index (χ0n) is 10.1. The van der Waals surface area contributed by atoms with Gasteiger partial charge in [0.15, 0.2) is 0 Å². The molecule has 0 N–H and O–H groups in total. The van der Waals surface area contributed by atoms with Crippen molar-refractivity contribution in [2.24, 2.45) is 11.8 Å². The summed E-state index contributed by atoms with van der Waals surface area (Å²) in [6.07, 6.45) is 6.34. The molecule has 0 aromatic rings. The molecule has 0 heterocycles. The van der Waals surface area contributed by atoms with Crippen LogP contribution in [0.2, 0.25) is 19.6 Å². The van der Waals surface area contributed by atoms with Gasteiger partial charge in [0, 0.05) is 0 Å². The van der Waals surface area contributed by atoms with Crippen molar-refractivity contribution >= 4 is 8.07 Å². The van der Waals surface area contributed by atoms with Gasteiger partial charge in [0.25, 0.3) is 0 Å². The van der Waals surface area contributed by atoms with Gasteiger partial charge in [0.05, 0.1) is 6.07 Å². The average molecular weight is 219 g/mol. The molecule has 15 heavy (non-hydrogen) atoms. The molecule has 1 aliphatic carbocycles. The smallest absolute Gasteiger partial charge is 0.129 e. The third-order valence-corrected chi connectivity index (χ3v) is 3.76. The SMILES string of the molecule is C[Si](C)(C)C#C[C@@H](C#N)C1CCCCC1. The van der Waals surface area contributed by atoms with E-state index in [0.29, 0.717) is 5.92 Å². The summed E-state index contributed by atoms with van der Waals surface area (Å²) in [6.45, 7) is 6.69. The minimum atomic E-state index is -1.31. The summed E-state index contributed by atoms with van der Waals surface area (Å²) in [7, 11) is -1.31. The van der Waals surface area contributed by atoms with Crippen LogP contribution in [0.1, 0.15) is 32.1 Å². The van der Waals surface area contributed by atoms with Crippen LogP contribution >= 0.6 is 0 Å². The van der Waals surface area contributed by atoms with E-state index < -0.39 is 8.07 Å². The van der Waals surface area contributed by atoms with Gasteiger partial charge in [-0.1, -0.05) is 44.8 Å². The topological polar surface area (TPSA) is 23.8 Å². The van der Waals surface area contributed by atoms with Gasteiger partial charge in [-0.15, -0.1) is 5.54 Å². The van der Waals surface area contributed by atoms with Crippen LogP contribution in [-0.4, -0.2) is 8.07 Å². The van der Waals surface area contributed by atoms with Crippen LogP contribution in [0.3, 0.4) is 0 Å². The molecule has 0 saturated heterocycles. The third-order valence-electron chi connectivity index (χ3n) is 2.86. The van der Waals surface area contributed by atoms with Crippen LogP contribution in [0.5, 0.6) is 0 Å². The Morgan fingerprint density at radius 2 is 1.73 bits per heavy atom. The molecule has 1 aliphatic rings. The van der Waals surface area contributed by atoms with E-state index in [4.69, 9.17) is 5.26 Å². The minimum Gasteiger partial charge on any atom is -0.197 e. The van der Waals surface area contributed by atoms with Gasteiger partial charge in [-0.05, 0) is 18.8 Å². The molecule has 0 radical (unpaired) electrons. The standard InChI is InChI=1S/C13H21NSi/c1-15(2,3)10-9-13(11-14)12-7-5-4-6-8-12/h12-13H,4-8H2,1-3H3/t13-/m0/s1. The number of nitrogens with zero attached hydrogens (tertiary/aromatic N) is 1. The Balaban J connectivity index is 2.62. The second kappa shape index (κ2) is 5.38. The van der Waals surface area contributed by atoms with Crippen LogP contribution in [0, 0.1) is 34.6 Å². The molecule has 1 atom stereocenters. The fraction of sp³-hybridized carbons (Fsp3) is 0.769. The molecule has 82 valence electrons. The first kappa shape index (κ1) is 12.3. The average Bonchev–Trinajstić information content (AvgIpc) is 2.19. The molecular weight excluding hydrogens is 198 g/mol. The fourth-order valence-electron chi connectivity index (χ4n) is 2.02. The predicted molar refractivity (Wildman–Crippen MR) is 66.8 cm³/mol. The molecule has 0 aromatic carbocycles. The predicted octanol–water partition coefficient (Wildman–Crippen LogP) is 3.59. The van der Waals surface area contributed by atoms with Crippen molar-refractivity contribution in [3.05, 3.63) is 0 Å². The summed E-state index contributed by atoms with van der Waals surface area (Å²) in [5.74, 6) is 3.78. The third kappa shape index (κ3) is 4.54. The van der Waals surface area contributed by atoms with E-state index in [1.807, 2.05) is 0 Å². The molecule has 2 heteroatoms. The van der Waals surface area contributed by atoms with Crippen molar-refractivity contribution in [2.45, 2.75) is 51.7 Å². The van der Waals surface area contributed by atoms with Gasteiger partial charge in [0.2, 0.25) is 0 Å². The van der Waals surface area contributed by atoms with Gasteiger partial charge in [-0.2, -0.15) is 5.26 Å². The van der Waals surface area contributed by atoms with Crippen molar-refractivity contribution in [2.75, 3.05) is 0 Å². The van der Waals surface area contributed by atoms with E-state index in [1.165, 1.54) is 32.1 Å². The Bertz CT molecular complexity index is 291. The zero-order valence-corrected chi connectivity index (χ0v) is 11.1. The number of hydrogen-bond acceptors (Lipinski definition) is 1. The van der Waals surface area contributed by atoms with Crippen molar-refractivity contribution in [3.8, 4) is 17.5 Å². The fourth-order valence-corrected chi connectivity index (χ4v) is 2.61. The van der Waals surface area contributed by atoms with Crippen molar-refractivity contribution < 1.29 is 0 Å². The molecule has 0 aliphatic heterocycles. The zero-order chi connectivity index (χ0) is 11.3. The summed E-state index contributed by atoms with van der Waals surface area (Å²) in [5, 5.41) is 9.14. The van der Waals surface area contributed by atoms with Crippen LogP contribution < -0.4 is 0 Å². The summed E-state index contributed by atoms with van der Waals surface area (Å²) in [6, 6.07) is 2.39. The Labute approximate surface area is 94.9 Å². The Kier molecular flexibility index (Phi) is 4.42. The van der Waals surface area contributed by atoms with Crippen molar-refractivity contribution in [3.63, 3.8) is 0 Å². The largest absolute Gasteiger partial charge is 0.197 e. The Morgan fingerprint density at radius 3 is 2.20 bits per heavy atom. The Hall–Kier alpha value is -0.733. The van der Waals surface area contributed by atoms with Gasteiger partial charge >= 0.3 is 0 Å². The van der Waals surface area contributed by atoms with E-state index >= 15 is 0 Å². The molecule has 1 nitrogen and oxygen atoms in total. The molecule has 0 spiro atoms. The summed E-state index contributed by atoms with van der Waals surface area (Å²) < 4.78 is 0. The van der Waals surface area contributed by atoms with E-state index in [2.05, 4.69) is 37.2 Å². The second-order valence-corrected chi connectivity index (χ2v) is 10.3. The molecule has 1 fully saturated rings. The molecule has 0 unspecified atom stereocenters. The quantitative estimate of drug-likeness (QED) is 0.488. The molecule has 0 aromatic heterocycles. The molecule has 1 saturated carbocycles. The lowest BCUT2D eigenvalue weighted by Crippen LogP contribution is -2.19. The van der Waals surface area contributed by atoms with E-state index in [0.717, 1.165) is 0 Å². The second-order valence-electron chi connectivity index (χ2n) is 5.52. The van der Waals surface area contributed by atoms with Crippen LogP contribution in [-0.2, 0) is 0 Å². The highest BCUT2D eigenvalue weighted by Crippen LogP contribution is 2.29. The maximum absolute atomic E-state index is 9.14. The highest BCUT2D eigenvalue weighted by molar-refractivity contribution is 6.83. The first-order valence-corrected chi connectivity index (χ1v) is 9.45. The summed E-state index contributed by atoms with van der Waals surface area (Å²) in [5.41, 5.74) is 3.34. The summed E-state index contributed by atoms with van der Waals surface area (Å²) >= 11 is 0. The first-order chi connectivity index (χ1) is 7.03. The van der Waals surface area contributed by atoms with Crippen molar-refractivity contribution in [1.82, 2.24) is 0 Å². The highest BCUT2D eigenvalue weighted by atomic mass is 28.3. The number of rotatable bonds is 1. The first-order valence-electron chi connectivity index (χ1n) is 5.95. The van der Waals surface area contributed by atoms with Gasteiger partial charge in [-0.25, -0.2) is 0 Å². The van der Waals surface area contributed by atoms with Crippen LogP contribution in [0.15, 0.2) is 0 Å². The highest BCUT2D eigenvalue weighted by Gasteiger charge is 2.22. The lowest BCUT2D eigenvalue weighted by Gasteiger charge is -2.22. The summed E-state index contributed by atoms with van der Waals surface area (Å²) in [4.78, 5) is 0. The van der Waals surface area contributed by atoms with E-state index in [1.54, 1.807) is 0 Å². The monoisotopic (exact) mass is 219 g/mol. The van der Waals surface area contributed by atoms with E-state index in [-0.39, 0.29) is 5.92 Å².